The van der Waals surface area contributed by atoms with Crippen LogP contribution in [0.1, 0.15) is 12.0 Å². The van der Waals surface area contributed by atoms with Gasteiger partial charge in [0.2, 0.25) is 12.7 Å². The molecule has 1 aromatic rings. The minimum Gasteiger partial charge on any atom is -0.481 e. The molecule has 1 aromatic carbocycles. The zero-order valence-corrected chi connectivity index (χ0v) is 12.4. The molecule has 120 valence electrons. The van der Waals surface area contributed by atoms with Gasteiger partial charge in [0.25, 0.3) is 0 Å². The molecule has 2 bridgehead atoms. The zero-order chi connectivity index (χ0) is 16.0. The zero-order valence-electron chi connectivity index (χ0n) is 12.4. The second-order valence-electron chi connectivity index (χ2n) is 6.24. The second kappa shape index (κ2) is 5.30. The van der Waals surface area contributed by atoms with Crippen LogP contribution in [0.5, 0.6) is 11.5 Å². The molecule has 1 fully saturated rings. The molecule has 1 amide bonds. The van der Waals surface area contributed by atoms with Crippen molar-refractivity contribution in [2.24, 2.45) is 23.7 Å². The Morgan fingerprint density at radius 3 is 2.65 bits per heavy atom. The van der Waals surface area contributed by atoms with E-state index in [-0.39, 0.29) is 24.5 Å². The van der Waals surface area contributed by atoms with Gasteiger partial charge in [0.1, 0.15) is 0 Å². The van der Waals surface area contributed by atoms with Crippen LogP contribution in [0.15, 0.2) is 30.4 Å². The van der Waals surface area contributed by atoms with Crippen molar-refractivity contribution < 1.29 is 24.2 Å². The highest BCUT2D eigenvalue weighted by Crippen LogP contribution is 2.48. The Morgan fingerprint density at radius 2 is 1.87 bits per heavy atom. The average molecular weight is 315 g/mol. The van der Waals surface area contributed by atoms with Crippen molar-refractivity contribution in [2.75, 3.05) is 6.79 Å². The summed E-state index contributed by atoms with van der Waals surface area (Å²) in [5.74, 6) is -0.765. The third-order valence-electron chi connectivity index (χ3n) is 4.95. The molecule has 0 saturated heterocycles. The lowest BCUT2D eigenvalue weighted by Crippen LogP contribution is -2.39. The van der Waals surface area contributed by atoms with Crippen molar-refractivity contribution in [2.45, 2.75) is 13.0 Å². The summed E-state index contributed by atoms with van der Waals surface area (Å²) in [5.41, 5.74) is 0.896. The molecule has 2 aliphatic carbocycles. The molecule has 6 heteroatoms. The summed E-state index contributed by atoms with van der Waals surface area (Å²) < 4.78 is 10.6. The Hall–Kier alpha value is -2.50. The smallest absolute Gasteiger partial charge is 0.307 e. The van der Waals surface area contributed by atoms with Crippen LogP contribution in [0.25, 0.3) is 0 Å². The number of carboxylic acid groups (broad SMARTS) is 1. The van der Waals surface area contributed by atoms with Crippen LogP contribution in [0.4, 0.5) is 0 Å². The van der Waals surface area contributed by atoms with Gasteiger partial charge >= 0.3 is 5.97 Å². The molecule has 0 unspecified atom stereocenters. The van der Waals surface area contributed by atoms with Gasteiger partial charge in [-0.3, -0.25) is 9.59 Å². The largest absolute Gasteiger partial charge is 0.481 e. The third-order valence-corrected chi connectivity index (χ3v) is 4.95. The van der Waals surface area contributed by atoms with Gasteiger partial charge in [0.05, 0.1) is 11.8 Å². The number of nitrogens with one attached hydrogen (secondary N) is 1. The van der Waals surface area contributed by atoms with E-state index in [9.17, 15) is 14.7 Å². The normalized spacial score (nSPS) is 29.7. The van der Waals surface area contributed by atoms with E-state index in [1.54, 1.807) is 0 Å². The molecule has 1 aliphatic heterocycles. The molecule has 0 aromatic heterocycles. The van der Waals surface area contributed by atoms with Gasteiger partial charge in [0.15, 0.2) is 11.5 Å². The number of carbonyl (C=O) groups is 2. The summed E-state index contributed by atoms with van der Waals surface area (Å²) in [5, 5.41) is 12.3. The summed E-state index contributed by atoms with van der Waals surface area (Å²) in [7, 11) is 0. The van der Waals surface area contributed by atoms with Gasteiger partial charge in [-0.1, -0.05) is 18.2 Å². The number of carboxylic acids is 1. The van der Waals surface area contributed by atoms with Crippen LogP contribution in [0.2, 0.25) is 0 Å². The second-order valence-corrected chi connectivity index (χ2v) is 6.24. The Kier molecular flexibility index (Phi) is 3.25. The van der Waals surface area contributed by atoms with Gasteiger partial charge in [0, 0.05) is 6.54 Å². The van der Waals surface area contributed by atoms with Crippen molar-refractivity contribution in [3.63, 3.8) is 0 Å². The number of aliphatic carboxylic acids is 1. The molecule has 6 nitrogen and oxygen atoms in total. The Morgan fingerprint density at radius 1 is 1.13 bits per heavy atom. The lowest BCUT2D eigenvalue weighted by atomic mass is 9.82. The molecule has 4 atom stereocenters. The maximum absolute atomic E-state index is 12.5. The number of amides is 1. The fraction of sp³-hybridized carbons (Fsp3) is 0.412. The molecule has 23 heavy (non-hydrogen) atoms. The predicted octanol–water partition coefficient (Wildman–Crippen LogP) is 1.55. The molecular formula is C17H17NO5. The molecule has 1 saturated carbocycles. The Bertz CT molecular complexity index is 698. The molecule has 0 spiro atoms. The third kappa shape index (κ3) is 2.34. The van der Waals surface area contributed by atoms with E-state index in [0.29, 0.717) is 18.0 Å². The fourth-order valence-electron chi connectivity index (χ4n) is 3.87. The minimum absolute atomic E-state index is 0.0150. The first-order valence-electron chi connectivity index (χ1n) is 7.71. The Balaban J connectivity index is 1.44. The van der Waals surface area contributed by atoms with E-state index in [4.69, 9.17) is 9.47 Å². The fourth-order valence-corrected chi connectivity index (χ4v) is 3.87. The maximum Gasteiger partial charge on any atom is 0.307 e. The van der Waals surface area contributed by atoms with Crippen molar-refractivity contribution in [3.8, 4) is 11.5 Å². The van der Waals surface area contributed by atoms with Crippen LogP contribution in [-0.4, -0.2) is 23.8 Å². The SMILES string of the molecule is O=C(O)[C@@H]1[C@H](C(=O)NCc2ccc3c(c2)OCO3)[C@H]2C=C[C@H]1C2. The standard InChI is InChI=1S/C17H17NO5/c19-16(14-10-2-3-11(6-10)15(14)17(20)21)18-7-9-1-4-12-13(5-9)23-8-22-12/h1-5,10-11,14-15H,6-8H2,(H,18,19)(H,20,21)/t10-,11-,14+,15-/m0/s1. The molecule has 4 rings (SSSR count). The molecule has 3 aliphatic rings. The lowest BCUT2D eigenvalue weighted by molar-refractivity contribution is -0.147. The van der Waals surface area contributed by atoms with Gasteiger partial charge in [-0.05, 0) is 36.0 Å². The summed E-state index contributed by atoms with van der Waals surface area (Å²) in [6.45, 7) is 0.558. The summed E-state index contributed by atoms with van der Waals surface area (Å²) >= 11 is 0. The summed E-state index contributed by atoms with van der Waals surface area (Å²) in [4.78, 5) is 24.0. The van der Waals surface area contributed by atoms with E-state index in [1.807, 2.05) is 30.4 Å². The number of rotatable bonds is 4. The van der Waals surface area contributed by atoms with Crippen molar-refractivity contribution in [1.82, 2.24) is 5.32 Å². The molecule has 0 radical (unpaired) electrons. The Labute approximate surface area is 133 Å². The van der Waals surface area contributed by atoms with Gasteiger partial charge in [-0.15, -0.1) is 0 Å². The first-order valence-corrected chi connectivity index (χ1v) is 7.71. The van der Waals surface area contributed by atoms with Gasteiger partial charge in [-0.2, -0.15) is 0 Å². The number of hydrogen-bond donors (Lipinski definition) is 2. The quantitative estimate of drug-likeness (QED) is 0.824. The van der Waals surface area contributed by atoms with Crippen LogP contribution in [-0.2, 0) is 16.1 Å². The van der Waals surface area contributed by atoms with Crippen molar-refractivity contribution in [3.05, 3.63) is 35.9 Å². The van der Waals surface area contributed by atoms with Crippen molar-refractivity contribution >= 4 is 11.9 Å². The van der Waals surface area contributed by atoms with E-state index < -0.39 is 17.8 Å². The summed E-state index contributed by atoms with van der Waals surface area (Å²) in [6.07, 6.45) is 4.68. The predicted molar refractivity (Wildman–Crippen MR) is 79.8 cm³/mol. The van der Waals surface area contributed by atoms with E-state index >= 15 is 0 Å². The van der Waals surface area contributed by atoms with Crippen LogP contribution >= 0.6 is 0 Å². The maximum atomic E-state index is 12.5. The molecule has 1 heterocycles. The number of carbonyl (C=O) groups excluding carboxylic acids is 1. The average Bonchev–Trinajstić information content (AvgIpc) is 3.25. The molecule has 2 N–H and O–H groups in total. The topological polar surface area (TPSA) is 84.9 Å². The monoisotopic (exact) mass is 315 g/mol. The highest BCUT2D eigenvalue weighted by atomic mass is 16.7. The van der Waals surface area contributed by atoms with Crippen molar-refractivity contribution in [1.29, 1.82) is 0 Å². The van der Waals surface area contributed by atoms with Gasteiger partial charge < -0.3 is 19.9 Å². The van der Waals surface area contributed by atoms with E-state index in [1.165, 1.54) is 0 Å². The number of allylic oxidation sites excluding steroid dienone is 2. The van der Waals surface area contributed by atoms with Gasteiger partial charge in [-0.25, -0.2) is 0 Å². The number of ether oxygens (including phenoxy) is 2. The first kappa shape index (κ1) is 14.1. The van der Waals surface area contributed by atoms with Crippen LogP contribution < -0.4 is 14.8 Å². The summed E-state index contributed by atoms with van der Waals surface area (Å²) in [6, 6.07) is 5.51. The highest BCUT2D eigenvalue weighted by Gasteiger charge is 2.51. The lowest BCUT2D eigenvalue weighted by Gasteiger charge is -2.23. The van der Waals surface area contributed by atoms with Crippen LogP contribution in [0, 0.1) is 23.7 Å². The van der Waals surface area contributed by atoms with E-state index in [0.717, 1.165) is 12.0 Å². The first-order chi connectivity index (χ1) is 11.1. The number of hydrogen-bond acceptors (Lipinski definition) is 4. The van der Waals surface area contributed by atoms with E-state index in [2.05, 4.69) is 5.32 Å². The van der Waals surface area contributed by atoms with Crippen LogP contribution in [0.3, 0.4) is 0 Å². The number of benzene rings is 1. The molecular weight excluding hydrogens is 298 g/mol. The number of fused-ring (bicyclic) bond motifs is 3. The minimum atomic E-state index is -0.884. The highest BCUT2D eigenvalue weighted by molar-refractivity contribution is 5.86.